The third kappa shape index (κ3) is 3.19. The van der Waals surface area contributed by atoms with Crippen molar-refractivity contribution in [2.45, 2.75) is 0 Å². The minimum atomic E-state index is -4.32. The number of phenolic OH excluding ortho intramolecular Hbond substituents is 1. The van der Waals surface area contributed by atoms with E-state index in [4.69, 9.17) is 0 Å². The number of nitro benzene ring substituents is 1. The summed E-state index contributed by atoms with van der Waals surface area (Å²) in [5.74, 6) is -1.48. The smallest absolute Gasteiger partial charge is 0.380 e. The second-order valence-corrected chi connectivity index (χ2v) is 3.98. The minimum absolute atomic E-state index is 0.308. The molecule has 0 aliphatic carbocycles. The van der Waals surface area contributed by atoms with Crippen molar-refractivity contribution in [2.75, 3.05) is 7.11 Å². The van der Waals surface area contributed by atoms with E-state index in [1.807, 2.05) is 0 Å². The van der Waals surface area contributed by atoms with Crippen LogP contribution in [-0.2, 0) is 10.3 Å². The molecule has 0 aromatic heterocycles. The second kappa shape index (κ2) is 4.43. The highest BCUT2D eigenvalue weighted by atomic mass is 32.2. The first kappa shape index (κ1) is 13.0. The molecule has 1 rings (SSSR count). The summed E-state index contributed by atoms with van der Waals surface area (Å²) in [6, 6.07) is 1.66. The van der Waals surface area contributed by atoms with Crippen LogP contribution in [0.2, 0.25) is 0 Å². The average Bonchev–Trinajstić information content (AvgIpc) is 2.17. The molecule has 0 unspecified atom stereocenters. The van der Waals surface area contributed by atoms with E-state index in [1.165, 1.54) is 0 Å². The molecule has 10 heteroatoms. The van der Waals surface area contributed by atoms with Crippen LogP contribution in [-0.4, -0.2) is 25.6 Å². The number of hydrogen-bond acceptors (Lipinski definition) is 7. The highest BCUT2D eigenvalue weighted by Gasteiger charge is 2.22. The van der Waals surface area contributed by atoms with Crippen LogP contribution >= 0.6 is 0 Å². The first-order valence-corrected chi connectivity index (χ1v) is 5.49. The zero-order valence-corrected chi connectivity index (χ0v) is 9.30. The van der Waals surface area contributed by atoms with Crippen LogP contribution < -0.4 is 14.1 Å². The van der Waals surface area contributed by atoms with Gasteiger partial charge in [-0.15, -0.1) is 0 Å². The summed E-state index contributed by atoms with van der Waals surface area (Å²) in [6.45, 7) is 0. The summed E-state index contributed by atoms with van der Waals surface area (Å²) < 4.78 is 30.2. The molecule has 0 heterocycles. The number of rotatable bonds is 4. The van der Waals surface area contributed by atoms with E-state index < -0.39 is 32.4 Å². The first-order valence-electron chi connectivity index (χ1n) is 4.02. The zero-order valence-electron chi connectivity index (χ0n) is 8.48. The Kier molecular flexibility index (Phi) is 3.39. The molecule has 0 saturated heterocycles. The maximum Gasteiger partial charge on any atom is 0.380 e. The van der Waals surface area contributed by atoms with Crippen LogP contribution in [0.4, 0.5) is 5.69 Å². The van der Waals surface area contributed by atoms with Gasteiger partial charge in [0.25, 0.3) is 0 Å². The molecule has 0 aliphatic rings. The first-order chi connectivity index (χ1) is 7.74. The topological polar surface area (TPSA) is 142 Å². The Morgan fingerprint density at radius 2 is 2.06 bits per heavy atom. The van der Waals surface area contributed by atoms with Crippen LogP contribution in [0.15, 0.2) is 12.1 Å². The minimum Gasteiger partial charge on any atom is -0.500 e. The van der Waals surface area contributed by atoms with Gasteiger partial charge in [0.05, 0.1) is 18.1 Å². The molecule has 3 N–H and O–H groups in total. The van der Waals surface area contributed by atoms with Crippen LogP contribution in [0.25, 0.3) is 0 Å². The van der Waals surface area contributed by atoms with Crippen molar-refractivity contribution in [1.29, 1.82) is 0 Å². The molecular formula is C7H8N2O7S. The summed E-state index contributed by atoms with van der Waals surface area (Å²) in [7, 11) is -3.18. The number of ether oxygens (including phenoxy) is 1. The molecule has 94 valence electrons. The highest BCUT2D eigenvalue weighted by molar-refractivity contribution is 7.84. The Morgan fingerprint density at radius 3 is 2.47 bits per heavy atom. The van der Waals surface area contributed by atoms with Crippen molar-refractivity contribution in [1.82, 2.24) is 0 Å². The molecule has 9 nitrogen and oxygen atoms in total. The third-order valence-electron chi connectivity index (χ3n) is 1.66. The van der Waals surface area contributed by atoms with Gasteiger partial charge >= 0.3 is 16.0 Å². The van der Waals surface area contributed by atoms with Crippen LogP contribution in [0.1, 0.15) is 0 Å². The Bertz CT molecular complexity index is 554. The molecule has 1 aromatic carbocycles. The Morgan fingerprint density at radius 1 is 1.47 bits per heavy atom. The molecular weight excluding hydrogens is 256 g/mol. The zero-order chi connectivity index (χ0) is 13.2. The van der Waals surface area contributed by atoms with E-state index in [-0.39, 0.29) is 5.75 Å². The molecule has 0 saturated carbocycles. The predicted octanol–water partition coefficient (Wildman–Crippen LogP) is -0.109. The maximum atomic E-state index is 10.6. The van der Waals surface area contributed by atoms with Gasteiger partial charge in [-0.25, -0.2) is 0 Å². The van der Waals surface area contributed by atoms with Gasteiger partial charge in [-0.05, 0) is 0 Å². The van der Waals surface area contributed by atoms with Gasteiger partial charge in [-0.1, -0.05) is 0 Å². The quantitative estimate of drug-likeness (QED) is 0.570. The number of methoxy groups -OCH3 is 1. The fraction of sp³-hybridized carbons (Fsp3) is 0.143. The van der Waals surface area contributed by atoms with Crippen molar-refractivity contribution >= 4 is 16.0 Å². The largest absolute Gasteiger partial charge is 0.500 e. The fourth-order valence-corrected chi connectivity index (χ4v) is 1.41. The molecule has 0 aliphatic heterocycles. The summed E-state index contributed by atoms with van der Waals surface area (Å²) in [6.07, 6.45) is 0. The number of nitrogens with two attached hydrogens (primary N) is 1. The van der Waals surface area contributed by atoms with Gasteiger partial charge in [0.1, 0.15) is 0 Å². The Hall–Kier alpha value is -2.07. The fourth-order valence-electron chi connectivity index (χ4n) is 1.05. The lowest BCUT2D eigenvalue weighted by Gasteiger charge is -2.07. The van der Waals surface area contributed by atoms with E-state index in [9.17, 15) is 23.6 Å². The van der Waals surface area contributed by atoms with Crippen LogP contribution in [0.5, 0.6) is 17.2 Å². The van der Waals surface area contributed by atoms with E-state index >= 15 is 0 Å². The number of nitro groups is 1. The lowest BCUT2D eigenvalue weighted by atomic mass is 10.2. The lowest BCUT2D eigenvalue weighted by Crippen LogP contribution is -2.19. The van der Waals surface area contributed by atoms with E-state index in [0.29, 0.717) is 6.07 Å². The average molecular weight is 264 g/mol. The van der Waals surface area contributed by atoms with Gasteiger partial charge in [-0.2, -0.15) is 13.6 Å². The van der Waals surface area contributed by atoms with E-state index in [0.717, 1.165) is 13.2 Å². The molecule has 0 atom stereocenters. The molecule has 0 amide bonds. The second-order valence-electron chi connectivity index (χ2n) is 2.83. The molecule has 0 spiro atoms. The SMILES string of the molecule is COc1cc(OS(N)(=O)=O)cc([N+](=O)[O-])c1O. The summed E-state index contributed by atoms with van der Waals surface area (Å²) >= 11 is 0. The van der Waals surface area contributed by atoms with Crippen LogP contribution in [0.3, 0.4) is 0 Å². The number of phenols is 1. The number of nitrogens with zero attached hydrogens (tertiary/aromatic N) is 1. The Balaban J connectivity index is 3.35. The summed E-state index contributed by atoms with van der Waals surface area (Å²) in [5.41, 5.74) is -0.761. The third-order valence-corrected chi connectivity index (χ3v) is 2.08. The van der Waals surface area contributed by atoms with Crippen molar-refractivity contribution in [2.24, 2.45) is 5.14 Å². The lowest BCUT2D eigenvalue weighted by molar-refractivity contribution is -0.386. The van der Waals surface area contributed by atoms with Gasteiger partial charge in [0.2, 0.25) is 5.75 Å². The molecule has 17 heavy (non-hydrogen) atoms. The number of benzene rings is 1. The number of aromatic hydroxyl groups is 1. The van der Waals surface area contributed by atoms with Gasteiger partial charge in [0.15, 0.2) is 11.5 Å². The van der Waals surface area contributed by atoms with Gasteiger partial charge in [-0.3, -0.25) is 10.1 Å². The van der Waals surface area contributed by atoms with E-state index in [1.54, 1.807) is 0 Å². The summed E-state index contributed by atoms with van der Waals surface area (Å²) in [4.78, 5) is 9.64. The van der Waals surface area contributed by atoms with Crippen molar-refractivity contribution < 1.29 is 27.4 Å². The highest BCUT2D eigenvalue weighted by Crippen LogP contribution is 2.39. The molecule has 1 aromatic rings. The Labute approximate surface area is 95.8 Å². The van der Waals surface area contributed by atoms with Crippen molar-refractivity contribution in [3.8, 4) is 17.2 Å². The monoisotopic (exact) mass is 264 g/mol. The van der Waals surface area contributed by atoms with Gasteiger partial charge < -0.3 is 14.0 Å². The number of hydrogen-bond donors (Lipinski definition) is 2. The molecule has 0 bridgehead atoms. The standard InChI is InChI=1S/C7H8N2O7S/c1-15-6-3-4(16-17(8,13)14)2-5(7(6)10)9(11)12/h2-3,10H,1H3,(H2,8,13,14). The van der Waals surface area contributed by atoms with Gasteiger partial charge in [0, 0.05) is 6.07 Å². The van der Waals surface area contributed by atoms with E-state index in [2.05, 4.69) is 14.1 Å². The molecule has 0 fully saturated rings. The van der Waals surface area contributed by atoms with Crippen molar-refractivity contribution in [3.05, 3.63) is 22.2 Å². The normalized spacial score (nSPS) is 10.9. The predicted molar refractivity (Wildman–Crippen MR) is 55.0 cm³/mol. The molecule has 0 radical (unpaired) electrons. The summed E-state index contributed by atoms with van der Waals surface area (Å²) in [5, 5.41) is 24.5. The maximum absolute atomic E-state index is 10.6. The van der Waals surface area contributed by atoms with Crippen molar-refractivity contribution in [3.63, 3.8) is 0 Å². The van der Waals surface area contributed by atoms with Crippen LogP contribution in [0, 0.1) is 10.1 Å².